The third kappa shape index (κ3) is 3.26. The van der Waals surface area contributed by atoms with Crippen molar-refractivity contribution in [1.29, 1.82) is 0 Å². The molecule has 0 aliphatic carbocycles. The standard InChI is InChI=1S/C13H7ClFNO5/c14-10-4-2-7(5-11(10)15)21-8-1-3-9(13(17)18)12(6-8)16(19)20/h1-6H,(H,17,18). The summed E-state index contributed by atoms with van der Waals surface area (Å²) in [5.41, 5.74) is -1.08. The Hall–Kier alpha value is -2.67. The Morgan fingerprint density at radius 3 is 2.43 bits per heavy atom. The van der Waals surface area contributed by atoms with E-state index in [1.54, 1.807) is 0 Å². The van der Waals surface area contributed by atoms with E-state index in [2.05, 4.69) is 0 Å². The van der Waals surface area contributed by atoms with Crippen molar-refractivity contribution in [2.24, 2.45) is 0 Å². The van der Waals surface area contributed by atoms with Crippen molar-refractivity contribution in [3.63, 3.8) is 0 Å². The van der Waals surface area contributed by atoms with E-state index >= 15 is 0 Å². The number of benzene rings is 2. The van der Waals surface area contributed by atoms with Gasteiger partial charge >= 0.3 is 5.97 Å². The van der Waals surface area contributed by atoms with Crippen LogP contribution in [0.25, 0.3) is 0 Å². The quantitative estimate of drug-likeness (QED) is 0.683. The molecule has 0 amide bonds. The van der Waals surface area contributed by atoms with E-state index < -0.39 is 28.0 Å². The first-order valence-electron chi connectivity index (χ1n) is 5.53. The number of rotatable bonds is 4. The van der Waals surface area contributed by atoms with Gasteiger partial charge in [0, 0.05) is 6.07 Å². The Morgan fingerprint density at radius 1 is 1.24 bits per heavy atom. The highest BCUT2D eigenvalue weighted by molar-refractivity contribution is 6.30. The first-order chi connectivity index (χ1) is 9.88. The van der Waals surface area contributed by atoms with Crippen molar-refractivity contribution in [2.45, 2.75) is 0 Å². The predicted molar refractivity (Wildman–Crippen MR) is 71.5 cm³/mol. The van der Waals surface area contributed by atoms with Crippen LogP contribution in [0.5, 0.6) is 11.5 Å². The fourth-order valence-corrected chi connectivity index (χ4v) is 1.70. The number of hydrogen-bond donors (Lipinski definition) is 1. The van der Waals surface area contributed by atoms with Gasteiger partial charge in [-0.05, 0) is 24.3 Å². The highest BCUT2D eigenvalue weighted by Crippen LogP contribution is 2.29. The summed E-state index contributed by atoms with van der Waals surface area (Å²) in [6, 6.07) is 6.90. The Balaban J connectivity index is 2.36. The first-order valence-corrected chi connectivity index (χ1v) is 5.91. The van der Waals surface area contributed by atoms with Crippen LogP contribution in [-0.2, 0) is 0 Å². The summed E-state index contributed by atoms with van der Waals surface area (Å²) in [5, 5.41) is 19.6. The number of nitro groups is 1. The molecular formula is C13H7ClFNO5. The molecule has 0 fully saturated rings. The van der Waals surface area contributed by atoms with Gasteiger partial charge in [0.2, 0.25) is 0 Å². The zero-order valence-corrected chi connectivity index (χ0v) is 11.0. The summed E-state index contributed by atoms with van der Waals surface area (Å²) in [7, 11) is 0. The number of nitro benzene ring substituents is 1. The molecule has 21 heavy (non-hydrogen) atoms. The molecule has 0 bridgehead atoms. The Morgan fingerprint density at radius 2 is 1.86 bits per heavy atom. The zero-order chi connectivity index (χ0) is 15.6. The Kier molecular flexibility index (Phi) is 4.04. The van der Waals surface area contributed by atoms with Crippen LogP contribution in [0, 0.1) is 15.9 Å². The average molecular weight is 312 g/mol. The zero-order valence-electron chi connectivity index (χ0n) is 10.2. The summed E-state index contributed by atoms with van der Waals surface area (Å²) < 4.78 is 18.5. The van der Waals surface area contributed by atoms with Gasteiger partial charge in [-0.2, -0.15) is 0 Å². The molecular weight excluding hydrogens is 305 g/mol. The average Bonchev–Trinajstić information content (AvgIpc) is 2.42. The van der Waals surface area contributed by atoms with E-state index in [1.165, 1.54) is 18.2 Å². The smallest absolute Gasteiger partial charge is 0.342 e. The predicted octanol–water partition coefficient (Wildman–Crippen LogP) is 3.88. The molecule has 0 atom stereocenters. The molecule has 0 aromatic heterocycles. The van der Waals surface area contributed by atoms with Crippen LogP contribution in [0.1, 0.15) is 10.4 Å². The normalized spacial score (nSPS) is 10.2. The molecule has 108 valence electrons. The lowest BCUT2D eigenvalue weighted by atomic mass is 10.1. The molecule has 0 heterocycles. The van der Waals surface area contributed by atoms with Gasteiger partial charge < -0.3 is 9.84 Å². The van der Waals surface area contributed by atoms with E-state index in [0.717, 1.165) is 18.2 Å². The van der Waals surface area contributed by atoms with Crippen molar-refractivity contribution in [3.05, 3.63) is 62.9 Å². The minimum Gasteiger partial charge on any atom is -0.477 e. The van der Waals surface area contributed by atoms with Crippen molar-refractivity contribution in [2.75, 3.05) is 0 Å². The SMILES string of the molecule is O=C(O)c1ccc(Oc2ccc(Cl)c(F)c2)cc1[N+](=O)[O-]. The van der Waals surface area contributed by atoms with Crippen LogP contribution in [0.2, 0.25) is 5.02 Å². The Labute approximate surface area is 122 Å². The summed E-state index contributed by atoms with van der Waals surface area (Å²) in [6.45, 7) is 0. The molecule has 1 N–H and O–H groups in total. The van der Waals surface area contributed by atoms with Crippen LogP contribution < -0.4 is 4.74 Å². The van der Waals surface area contributed by atoms with Gasteiger partial charge in [-0.15, -0.1) is 0 Å². The monoisotopic (exact) mass is 311 g/mol. The summed E-state index contributed by atoms with van der Waals surface area (Å²) in [5.74, 6) is -2.04. The van der Waals surface area contributed by atoms with Crippen molar-refractivity contribution in [3.8, 4) is 11.5 Å². The molecule has 2 aromatic rings. The molecule has 0 saturated carbocycles. The highest BCUT2D eigenvalue weighted by atomic mass is 35.5. The highest BCUT2D eigenvalue weighted by Gasteiger charge is 2.20. The molecule has 2 aromatic carbocycles. The number of aromatic carboxylic acids is 1. The molecule has 0 spiro atoms. The lowest BCUT2D eigenvalue weighted by Crippen LogP contribution is -2.02. The Bertz CT molecular complexity index is 734. The second kappa shape index (κ2) is 5.76. The summed E-state index contributed by atoms with van der Waals surface area (Å²) in [6.07, 6.45) is 0. The molecule has 0 radical (unpaired) electrons. The van der Waals surface area contributed by atoms with Gasteiger partial charge in [0.05, 0.1) is 16.0 Å². The lowest BCUT2D eigenvalue weighted by Gasteiger charge is -2.07. The molecule has 2 rings (SSSR count). The number of ether oxygens (including phenoxy) is 1. The third-order valence-electron chi connectivity index (χ3n) is 2.52. The number of halogens is 2. The second-order valence-corrected chi connectivity index (χ2v) is 4.33. The fraction of sp³-hybridized carbons (Fsp3) is 0. The molecule has 0 saturated heterocycles. The van der Waals surface area contributed by atoms with E-state index in [1.807, 2.05) is 0 Å². The minimum atomic E-state index is -1.43. The second-order valence-electron chi connectivity index (χ2n) is 3.92. The molecule has 8 heteroatoms. The topological polar surface area (TPSA) is 89.7 Å². The number of carboxylic acids is 1. The van der Waals surface area contributed by atoms with Crippen LogP contribution >= 0.6 is 11.6 Å². The van der Waals surface area contributed by atoms with Gasteiger partial charge in [-0.3, -0.25) is 10.1 Å². The van der Waals surface area contributed by atoms with E-state index in [0.29, 0.717) is 0 Å². The van der Waals surface area contributed by atoms with E-state index in [-0.39, 0.29) is 16.5 Å². The van der Waals surface area contributed by atoms with Crippen molar-refractivity contribution in [1.82, 2.24) is 0 Å². The molecule has 0 aliphatic heterocycles. The van der Waals surface area contributed by atoms with Crippen molar-refractivity contribution < 1.29 is 24.0 Å². The van der Waals surface area contributed by atoms with E-state index in [9.17, 15) is 19.3 Å². The maximum atomic E-state index is 13.3. The van der Waals surface area contributed by atoms with Gasteiger partial charge in [-0.25, -0.2) is 9.18 Å². The first kappa shape index (κ1) is 14.7. The van der Waals surface area contributed by atoms with Gasteiger partial charge in [0.25, 0.3) is 5.69 Å². The van der Waals surface area contributed by atoms with Gasteiger partial charge in [0.1, 0.15) is 22.9 Å². The summed E-state index contributed by atoms with van der Waals surface area (Å²) in [4.78, 5) is 20.9. The molecule has 0 aliphatic rings. The third-order valence-corrected chi connectivity index (χ3v) is 2.83. The number of carboxylic acid groups (broad SMARTS) is 1. The van der Waals surface area contributed by atoms with Gasteiger partial charge in [-0.1, -0.05) is 11.6 Å². The van der Waals surface area contributed by atoms with Crippen LogP contribution in [0.3, 0.4) is 0 Å². The molecule has 0 unspecified atom stereocenters. The largest absolute Gasteiger partial charge is 0.477 e. The number of nitrogens with zero attached hydrogens (tertiary/aromatic N) is 1. The summed E-state index contributed by atoms with van der Waals surface area (Å²) >= 11 is 5.52. The number of hydrogen-bond acceptors (Lipinski definition) is 4. The maximum absolute atomic E-state index is 13.3. The van der Waals surface area contributed by atoms with Crippen LogP contribution in [0.4, 0.5) is 10.1 Å². The van der Waals surface area contributed by atoms with Gasteiger partial charge in [0.15, 0.2) is 0 Å². The lowest BCUT2D eigenvalue weighted by molar-refractivity contribution is -0.385. The van der Waals surface area contributed by atoms with E-state index in [4.69, 9.17) is 21.4 Å². The van der Waals surface area contributed by atoms with Crippen molar-refractivity contribution >= 4 is 23.3 Å². The van der Waals surface area contributed by atoms with Crippen LogP contribution in [0.15, 0.2) is 36.4 Å². The molecule has 6 nitrogen and oxygen atoms in total. The maximum Gasteiger partial charge on any atom is 0.342 e. The van der Waals surface area contributed by atoms with Crippen LogP contribution in [-0.4, -0.2) is 16.0 Å². The number of carbonyl (C=O) groups is 1. The minimum absolute atomic E-state index is 0.00780. The fourth-order valence-electron chi connectivity index (χ4n) is 1.58.